The molecule has 6 nitrogen and oxygen atoms in total. The molecule has 32 heavy (non-hydrogen) atoms. The first-order chi connectivity index (χ1) is 15.1. The Labute approximate surface area is 193 Å². The fourth-order valence-corrected chi connectivity index (χ4v) is 5.17. The highest BCUT2D eigenvalue weighted by Crippen LogP contribution is 2.45. The van der Waals surface area contributed by atoms with Gasteiger partial charge in [-0.25, -0.2) is 9.97 Å². The maximum absolute atomic E-state index is 13.3. The second-order valence-corrected chi connectivity index (χ2v) is 9.58. The van der Waals surface area contributed by atoms with Crippen LogP contribution in [0.25, 0.3) is 10.9 Å². The number of carbonyl (C=O) groups is 1. The number of pyridine rings is 1. The maximum atomic E-state index is 13.3. The van der Waals surface area contributed by atoms with Crippen LogP contribution in [0.5, 0.6) is 0 Å². The molecular formula is C20H15Cl2F3N4O2S. The number of aromatic nitrogens is 3. The number of fused-ring (bicyclic) bond motifs is 1. The SMILES string of the molecule is CC(=O)c1c([S+]([O-])c2cncnc2)nc2c(Cl)ccc(Cl)c2c1NC1CC(C(F)(F)F)C1. The summed E-state index contributed by atoms with van der Waals surface area (Å²) in [4.78, 5) is 24.9. The van der Waals surface area contributed by atoms with E-state index in [1.807, 2.05) is 0 Å². The van der Waals surface area contributed by atoms with Crippen LogP contribution in [0.15, 0.2) is 40.8 Å². The van der Waals surface area contributed by atoms with E-state index < -0.39 is 35.1 Å². The van der Waals surface area contributed by atoms with Crippen LogP contribution in [0.4, 0.5) is 18.9 Å². The first kappa shape index (κ1) is 23.0. The van der Waals surface area contributed by atoms with E-state index >= 15 is 0 Å². The largest absolute Gasteiger partial charge is 0.605 e. The predicted octanol–water partition coefficient (Wildman–Crippen LogP) is 5.45. The summed E-state index contributed by atoms with van der Waals surface area (Å²) in [6.07, 6.45) is -0.695. The average molecular weight is 503 g/mol. The highest BCUT2D eigenvalue weighted by molar-refractivity contribution is 7.91. The quantitative estimate of drug-likeness (QED) is 0.368. The molecule has 0 amide bonds. The van der Waals surface area contributed by atoms with Crippen molar-refractivity contribution in [2.75, 3.05) is 5.32 Å². The number of ketones is 1. The van der Waals surface area contributed by atoms with Crippen molar-refractivity contribution in [2.24, 2.45) is 5.92 Å². The Morgan fingerprint density at radius 3 is 2.41 bits per heavy atom. The van der Waals surface area contributed by atoms with Gasteiger partial charge in [-0.05, 0) is 31.9 Å². The summed E-state index contributed by atoms with van der Waals surface area (Å²) in [5, 5.41) is 3.59. The molecule has 0 aliphatic heterocycles. The molecule has 0 radical (unpaired) electrons. The number of Topliss-reactive ketones (excluding diaryl/α,β-unsaturated/α-hetero) is 1. The molecule has 1 unspecified atom stereocenters. The van der Waals surface area contributed by atoms with E-state index in [0.717, 1.165) is 0 Å². The molecule has 3 aromatic rings. The number of alkyl halides is 3. The van der Waals surface area contributed by atoms with E-state index in [9.17, 15) is 22.5 Å². The van der Waals surface area contributed by atoms with E-state index in [-0.39, 0.29) is 55.0 Å². The molecule has 1 fully saturated rings. The van der Waals surface area contributed by atoms with Crippen molar-refractivity contribution in [1.82, 2.24) is 15.0 Å². The number of rotatable bonds is 5. The lowest BCUT2D eigenvalue weighted by atomic mass is 9.79. The molecule has 1 aromatic carbocycles. The van der Waals surface area contributed by atoms with Crippen LogP contribution in [0.1, 0.15) is 30.1 Å². The van der Waals surface area contributed by atoms with Crippen molar-refractivity contribution in [1.29, 1.82) is 0 Å². The van der Waals surface area contributed by atoms with Gasteiger partial charge in [0, 0.05) is 22.6 Å². The normalized spacial score (nSPS) is 19.5. The lowest BCUT2D eigenvalue weighted by molar-refractivity contribution is -0.195. The molecule has 1 N–H and O–H groups in total. The van der Waals surface area contributed by atoms with Crippen LogP contribution in [-0.4, -0.2) is 37.5 Å². The van der Waals surface area contributed by atoms with Crippen molar-refractivity contribution in [3.63, 3.8) is 0 Å². The summed E-state index contributed by atoms with van der Waals surface area (Å²) in [5.74, 6) is -1.91. The fourth-order valence-electron chi connectivity index (χ4n) is 3.58. The molecule has 4 rings (SSSR count). The summed E-state index contributed by atoms with van der Waals surface area (Å²) in [6.45, 7) is 1.26. The van der Waals surface area contributed by atoms with Gasteiger partial charge >= 0.3 is 6.18 Å². The first-order valence-corrected chi connectivity index (χ1v) is 11.3. The van der Waals surface area contributed by atoms with Gasteiger partial charge in [-0.3, -0.25) is 4.79 Å². The van der Waals surface area contributed by atoms with E-state index in [1.54, 1.807) is 0 Å². The standard InChI is InChI=1S/C20H15Cl2F3N4O2S/c1-9(30)15-18(28-11-4-10(5-11)20(23,24)25)16-13(21)2-3-14(22)17(16)29-19(15)32(31)12-6-26-8-27-7-12/h2-3,6-8,10-11H,4-5H2,1H3,(H,28,29). The lowest BCUT2D eigenvalue weighted by Crippen LogP contribution is -2.43. The number of hydrogen-bond acceptors (Lipinski definition) is 6. The summed E-state index contributed by atoms with van der Waals surface area (Å²) in [6, 6.07) is 2.45. The third-order valence-electron chi connectivity index (χ3n) is 5.23. The number of benzene rings is 1. The number of nitrogens with one attached hydrogen (secondary N) is 1. The van der Waals surface area contributed by atoms with Crippen molar-refractivity contribution in [3.05, 3.63) is 46.5 Å². The van der Waals surface area contributed by atoms with Crippen molar-refractivity contribution in [3.8, 4) is 0 Å². The molecular weight excluding hydrogens is 488 g/mol. The molecule has 1 atom stereocenters. The van der Waals surface area contributed by atoms with E-state index in [1.165, 1.54) is 37.8 Å². The second-order valence-electron chi connectivity index (χ2n) is 7.37. The minimum Gasteiger partial charge on any atom is -0.605 e. The number of halogens is 5. The van der Waals surface area contributed by atoms with Gasteiger partial charge in [-0.15, -0.1) is 0 Å². The highest BCUT2D eigenvalue weighted by Gasteiger charge is 2.48. The summed E-state index contributed by atoms with van der Waals surface area (Å²) in [7, 11) is 0. The molecule has 12 heteroatoms. The van der Waals surface area contributed by atoms with Gasteiger partial charge in [0.1, 0.15) is 11.9 Å². The molecule has 0 spiro atoms. The Kier molecular flexibility index (Phi) is 6.23. The molecule has 2 aromatic heterocycles. The van der Waals surface area contributed by atoms with Crippen molar-refractivity contribution < 1.29 is 22.5 Å². The summed E-state index contributed by atoms with van der Waals surface area (Å²) in [5.41, 5.74) is 0.318. The van der Waals surface area contributed by atoms with Crippen LogP contribution in [0.3, 0.4) is 0 Å². The van der Waals surface area contributed by atoms with Gasteiger partial charge < -0.3 is 9.87 Å². The minimum absolute atomic E-state index is 0.0284. The molecule has 1 aliphatic carbocycles. The molecule has 1 aliphatic rings. The van der Waals surface area contributed by atoms with Crippen molar-refractivity contribution in [2.45, 2.75) is 41.9 Å². The zero-order valence-electron chi connectivity index (χ0n) is 16.4. The Hall–Kier alpha value is -2.14. The summed E-state index contributed by atoms with van der Waals surface area (Å²) >= 11 is 10.7. The van der Waals surface area contributed by atoms with E-state index in [0.29, 0.717) is 0 Å². The molecule has 0 bridgehead atoms. The Balaban J connectivity index is 1.89. The van der Waals surface area contributed by atoms with E-state index in [2.05, 4.69) is 20.3 Å². The van der Waals surface area contributed by atoms with Gasteiger partial charge in [0.2, 0.25) is 0 Å². The van der Waals surface area contributed by atoms with Crippen LogP contribution in [0.2, 0.25) is 10.0 Å². The molecule has 0 saturated heterocycles. The molecule has 2 heterocycles. The topological polar surface area (TPSA) is 90.8 Å². The van der Waals surface area contributed by atoms with Crippen LogP contribution < -0.4 is 5.32 Å². The Bertz CT molecular complexity index is 1190. The van der Waals surface area contributed by atoms with Crippen LogP contribution in [-0.2, 0) is 11.2 Å². The number of hydrogen-bond donors (Lipinski definition) is 1. The van der Waals surface area contributed by atoms with Gasteiger partial charge in [-0.1, -0.05) is 23.2 Å². The molecule has 168 valence electrons. The van der Waals surface area contributed by atoms with Crippen LogP contribution in [0, 0.1) is 5.92 Å². The highest BCUT2D eigenvalue weighted by atomic mass is 35.5. The summed E-state index contributed by atoms with van der Waals surface area (Å²) < 4.78 is 52.2. The Morgan fingerprint density at radius 1 is 1.19 bits per heavy atom. The second kappa shape index (κ2) is 8.66. The average Bonchev–Trinajstić information content (AvgIpc) is 2.71. The zero-order valence-corrected chi connectivity index (χ0v) is 18.7. The van der Waals surface area contributed by atoms with Crippen molar-refractivity contribution >= 4 is 56.8 Å². The lowest BCUT2D eigenvalue weighted by Gasteiger charge is -2.38. The van der Waals surface area contributed by atoms with E-state index in [4.69, 9.17) is 23.2 Å². The zero-order chi connectivity index (χ0) is 23.2. The van der Waals surface area contributed by atoms with Gasteiger partial charge in [-0.2, -0.15) is 18.2 Å². The fraction of sp³-hybridized carbons (Fsp3) is 0.300. The van der Waals surface area contributed by atoms with Gasteiger partial charge in [0.05, 0.1) is 39.6 Å². The minimum atomic E-state index is -4.29. The predicted molar refractivity (Wildman–Crippen MR) is 115 cm³/mol. The number of anilines is 1. The number of nitrogens with zero attached hydrogens (tertiary/aromatic N) is 3. The molecule has 1 saturated carbocycles. The first-order valence-electron chi connectivity index (χ1n) is 9.40. The monoisotopic (exact) mass is 502 g/mol. The Morgan fingerprint density at radius 2 is 1.81 bits per heavy atom. The smallest absolute Gasteiger partial charge is 0.391 e. The van der Waals surface area contributed by atoms with Crippen LogP contribution >= 0.6 is 23.2 Å². The maximum Gasteiger partial charge on any atom is 0.391 e. The van der Waals surface area contributed by atoms with Gasteiger partial charge in [0.25, 0.3) is 5.03 Å². The third-order valence-corrected chi connectivity index (χ3v) is 7.14. The van der Waals surface area contributed by atoms with Gasteiger partial charge in [0.15, 0.2) is 10.7 Å². The number of carbonyl (C=O) groups excluding carboxylic acids is 1. The third kappa shape index (κ3) is 4.24.